The summed E-state index contributed by atoms with van der Waals surface area (Å²) in [5, 5.41) is 0. The SMILES string of the molecule is NC(CCCOc1ccc(Oc2ccccc2)cc1)CC(=O)OCc1ccccc1. The molecule has 0 aliphatic carbocycles. The molecule has 0 aliphatic rings. The first-order chi connectivity index (χ1) is 14.7. The van der Waals surface area contributed by atoms with Gasteiger partial charge in [-0.2, -0.15) is 0 Å². The lowest BCUT2D eigenvalue weighted by atomic mass is 10.1. The monoisotopic (exact) mass is 405 g/mol. The van der Waals surface area contributed by atoms with Crippen LogP contribution in [0, 0.1) is 0 Å². The lowest BCUT2D eigenvalue weighted by Gasteiger charge is -2.12. The van der Waals surface area contributed by atoms with Crippen LogP contribution in [0.25, 0.3) is 0 Å². The Labute approximate surface area is 177 Å². The fourth-order valence-corrected chi connectivity index (χ4v) is 2.88. The molecule has 2 N–H and O–H groups in total. The topological polar surface area (TPSA) is 70.8 Å². The van der Waals surface area contributed by atoms with E-state index in [1.54, 1.807) is 0 Å². The summed E-state index contributed by atoms with van der Waals surface area (Å²) in [6.45, 7) is 0.811. The minimum atomic E-state index is -0.277. The fourth-order valence-electron chi connectivity index (χ4n) is 2.88. The summed E-state index contributed by atoms with van der Waals surface area (Å²) in [6.07, 6.45) is 1.66. The normalized spacial score (nSPS) is 11.5. The molecule has 0 spiro atoms. The zero-order chi connectivity index (χ0) is 21.0. The molecule has 0 aromatic heterocycles. The van der Waals surface area contributed by atoms with Crippen LogP contribution in [0.2, 0.25) is 0 Å². The summed E-state index contributed by atoms with van der Waals surface area (Å²) in [4.78, 5) is 11.9. The molecule has 30 heavy (non-hydrogen) atoms. The fraction of sp³-hybridized carbons (Fsp3) is 0.240. The maximum absolute atomic E-state index is 11.9. The average molecular weight is 405 g/mol. The molecule has 0 amide bonds. The van der Waals surface area contributed by atoms with Gasteiger partial charge in [-0.15, -0.1) is 0 Å². The van der Waals surface area contributed by atoms with Gasteiger partial charge in [-0.25, -0.2) is 0 Å². The number of ether oxygens (including phenoxy) is 3. The van der Waals surface area contributed by atoms with Crippen molar-refractivity contribution < 1.29 is 19.0 Å². The van der Waals surface area contributed by atoms with Crippen LogP contribution < -0.4 is 15.2 Å². The highest BCUT2D eigenvalue weighted by molar-refractivity contribution is 5.70. The number of hydrogen-bond acceptors (Lipinski definition) is 5. The summed E-state index contributed by atoms with van der Waals surface area (Å²) in [5.41, 5.74) is 7.01. The number of hydrogen-bond donors (Lipinski definition) is 1. The Morgan fingerprint density at radius 2 is 1.40 bits per heavy atom. The van der Waals surface area contributed by atoms with Gasteiger partial charge in [0, 0.05) is 6.04 Å². The minimum absolute atomic E-state index is 0.207. The highest BCUT2D eigenvalue weighted by Gasteiger charge is 2.11. The second kappa shape index (κ2) is 11.6. The van der Waals surface area contributed by atoms with Crippen molar-refractivity contribution in [3.63, 3.8) is 0 Å². The summed E-state index contributed by atoms with van der Waals surface area (Å²) >= 11 is 0. The van der Waals surface area contributed by atoms with Gasteiger partial charge in [-0.05, 0) is 54.8 Å². The Morgan fingerprint density at radius 1 is 0.800 bits per heavy atom. The first-order valence-electron chi connectivity index (χ1n) is 10.1. The maximum atomic E-state index is 11.9. The maximum Gasteiger partial charge on any atom is 0.307 e. The van der Waals surface area contributed by atoms with E-state index in [-0.39, 0.29) is 25.0 Å². The van der Waals surface area contributed by atoms with Crippen LogP contribution in [0.5, 0.6) is 17.2 Å². The molecular weight excluding hydrogens is 378 g/mol. The molecule has 1 unspecified atom stereocenters. The van der Waals surface area contributed by atoms with E-state index in [0.29, 0.717) is 13.0 Å². The highest BCUT2D eigenvalue weighted by Crippen LogP contribution is 2.23. The molecule has 5 heteroatoms. The van der Waals surface area contributed by atoms with Crippen LogP contribution in [0.1, 0.15) is 24.8 Å². The molecule has 3 rings (SSSR count). The Hall–Kier alpha value is -3.31. The molecular formula is C25H27NO4. The average Bonchev–Trinajstić information content (AvgIpc) is 2.78. The van der Waals surface area contributed by atoms with Crippen LogP contribution in [0.3, 0.4) is 0 Å². The molecule has 3 aromatic rings. The van der Waals surface area contributed by atoms with Crippen molar-refractivity contribution in [3.8, 4) is 17.2 Å². The lowest BCUT2D eigenvalue weighted by Crippen LogP contribution is -2.25. The van der Waals surface area contributed by atoms with E-state index in [0.717, 1.165) is 29.2 Å². The van der Waals surface area contributed by atoms with Crippen molar-refractivity contribution in [1.29, 1.82) is 0 Å². The van der Waals surface area contributed by atoms with Crippen molar-refractivity contribution in [2.24, 2.45) is 5.73 Å². The zero-order valence-corrected chi connectivity index (χ0v) is 16.9. The molecule has 0 saturated carbocycles. The standard InChI is InChI=1S/C25H27NO4/c26-21(18-25(27)29-19-20-8-3-1-4-9-20)10-7-17-28-22-13-15-24(16-14-22)30-23-11-5-2-6-12-23/h1-6,8-9,11-16,21H,7,10,17-19,26H2. The Kier molecular flexibility index (Phi) is 8.30. The summed E-state index contributed by atoms with van der Waals surface area (Å²) in [6, 6.07) is 26.5. The first kappa shape index (κ1) is 21.4. The van der Waals surface area contributed by atoms with Gasteiger partial charge in [-0.3, -0.25) is 4.79 Å². The predicted molar refractivity (Wildman–Crippen MR) is 117 cm³/mol. The van der Waals surface area contributed by atoms with Gasteiger partial charge in [0.25, 0.3) is 0 Å². The van der Waals surface area contributed by atoms with Gasteiger partial charge in [0.15, 0.2) is 0 Å². The first-order valence-corrected chi connectivity index (χ1v) is 10.1. The second-order valence-corrected chi connectivity index (χ2v) is 6.99. The minimum Gasteiger partial charge on any atom is -0.494 e. The summed E-state index contributed by atoms with van der Waals surface area (Å²) < 4.78 is 16.8. The van der Waals surface area contributed by atoms with E-state index in [2.05, 4.69) is 0 Å². The number of para-hydroxylation sites is 1. The molecule has 0 radical (unpaired) electrons. The van der Waals surface area contributed by atoms with Crippen molar-refractivity contribution in [2.45, 2.75) is 31.9 Å². The third-order valence-corrected chi connectivity index (χ3v) is 4.46. The highest BCUT2D eigenvalue weighted by atomic mass is 16.5. The smallest absolute Gasteiger partial charge is 0.307 e. The van der Waals surface area contributed by atoms with Gasteiger partial charge in [0.05, 0.1) is 13.0 Å². The summed E-state index contributed by atoms with van der Waals surface area (Å²) in [5.74, 6) is 2.04. The number of carbonyl (C=O) groups excluding carboxylic acids is 1. The molecule has 1 atom stereocenters. The van der Waals surface area contributed by atoms with Crippen LogP contribution in [-0.2, 0) is 16.1 Å². The molecule has 0 bridgehead atoms. The predicted octanol–water partition coefficient (Wildman–Crippen LogP) is 5.10. The Bertz CT molecular complexity index is 882. The van der Waals surface area contributed by atoms with Gasteiger partial charge in [0.2, 0.25) is 0 Å². The Balaban J connectivity index is 1.30. The number of benzene rings is 3. The second-order valence-electron chi connectivity index (χ2n) is 6.99. The van der Waals surface area contributed by atoms with Crippen LogP contribution in [-0.4, -0.2) is 18.6 Å². The Morgan fingerprint density at radius 3 is 2.10 bits per heavy atom. The molecule has 5 nitrogen and oxygen atoms in total. The molecule has 0 saturated heterocycles. The van der Waals surface area contributed by atoms with Crippen molar-refractivity contribution >= 4 is 5.97 Å². The van der Waals surface area contributed by atoms with Gasteiger partial charge in [-0.1, -0.05) is 48.5 Å². The van der Waals surface area contributed by atoms with E-state index in [9.17, 15) is 4.79 Å². The molecule has 0 heterocycles. The number of esters is 1. The largest absolute Gasteiger partial charge is 0.494 e. The molecule has 0 fully saturated rings. The zero-order valence-electron chi connectivity index (χ0n) is 16.9. The van der Waals surface area contributed by atoms with Crippen molar-refractivity contribution in [2.75, 3.05) is 6.61 Å². The lowest BCUT2D eigenvalue weighted by molar-refractivity contribution is -0.145. The van der Waals surface area contributed by atoms with E-state index >= 15 is 0 Å². The molecule has 156 valence electrons. The third-order valence-electron chi connectivity index (χ3n) is 4.46. The number of carbonyl (C=O) groups is 1. The number of nitrogens with two attached hydrogens (primary N) is 1. The van der Waals surface area contributed by atoms with Crippen molar-refractivity contribution in [3.05, 3.63) is 90.5 Å². The quantitative estimate of drug-likeness (QED) is 0.355. The van der Waals surface area contributed by atoms with E-state index < -0.39 is 0 Å². The van der Waals surface area contributed by atoms with Gasteiger partial charge < -0.3 is 19.9 Å². The van der Waals surface area contributed by atoms with Gasteiger partial charge >= 0.3 is 5.97 Å². The molecule has 3 aromatic carbocycles. The number of rotatable bonds is 11. The summed E-state index contributed by atoms with van der Waals surface area (Å²) in [7, 11) is 0. The van der Waals surface area contributed by atoms with Crippen LogP contribution in [0.15, 0.2) is 84.9 Å². The van der Waals surface area contributed by atoms with Crippen LogP contribution in [0.4, 0.5) is 0 Å². The van der Waals surface area contributed by atoms with E-state index in [1.807, 2.05) is 84.9 Å². The van der Waals surface area contributed by atoms with Crippen molar-refractivity contribution in [1.82, 2.24) is 0 Å². The third kappa shape index (κ3) is 7.60. The molecule has 0 aliphatic heterocycles. The van der Waals surface area contributed by atoms with Gasteiger partial charge in [0.1, 0.15) is 23.9 Å². The van der Waals surface area contributed by atoms with E-state index in [4.69, 9.17) is 19.9 Å². The van der Waals surface area contributed by atoms with Crippen LogP contribution >= 0.6 is 0 Å². The van der Waals surface area contributed by atoms with E-state index in [1.165, 1.54) is 0 Å².